The van der Waals surface area contributed by atoms with Crippen LogP contribution in [0.1, 0.15) is 102 Å². The number of amides is 4. The lowest BCUT2D eigenvalue weighted by atomic mass is 10.0. The molecule has 3 aliphatic heterocycles. The van der Waals surface area contributed by atoms with Crippen molar-refractivity contribution in [3.05, 3.63) is 96.1 Å². The van der Waals surface area contributed by atoms with Crippen molar-refractivity contribution in [1.82, 2.24) is 44.9 Å². The number of unbranched alkanes of at least 4 members (excludes halogenated alkanes) is 1. The summed E-state index contributed by atoms with van der Waals surface area (Å²) in [5.41, 5.74) is 5.15. The van der Waals surface area contributed by atoms with Gasteiger partial charge in [0, 0.05) is 48.9 Å². The van der Waals surface area contributed by atoms with E-state index in [1.165, 1.54) is 20.3 Å². The van der Waals surface area contributed by atoms with Gasteiger partial charge in [-0.2, -0.15) is 0 Å². The Morgan fingerprint density at radius 3 is 1.95 bits per heavy atom. The molecule has 2 saturated heterocycles. The fourth-order valence-electron chi connectivity index (χ4n) is 10.3. The molecule has 1 unspecified atom stereocenters. The van der Waals surface area contributed by atoms with E-state index in [2.05, 4.69) is 20.6 Å². The summed E-state index contributed by atoms with van der Waals surface area (Å²) in [7, 11) is 4.22. The van der Waals surface area contributed by atoms with Gasteiger partial charge in [0.1, 0.15) is 41.0 Å². The quantitative estimate of drug-likeness (QED) is 0.0634. The van der Waals surface area contributed by atoms with E-state index in [-0.39, 0.29) is 35.7 Å². The highest BCUT2D eigenvalue weighted by Crippen LogP contribution is 2.48. The van der Waals surface area contributed by atoms with Crippen LogP contribution in [0.5, 0.6) is 11.5 Å². The molecule has 0 bridgehead atoms. The summed E-state index contributed by atoms with van der Waals surface area (Å²) >= 11 is 0. The summed E-state index contributed by atoms with van der Waals surface area (Å²) in [4.78, 5) is 71.9. The van der Waals surface area contributed by atoms with Crippen LogP contribution >= 0.6 is 0 Å². The third-order valence-electron chi connectivity index (χ3n) is 14.1. The summed E-state index contributed by atoms with van der Waals surface area (Å²) in [6.45, 7) is 9.67. The fraction of sp³-hybridized carbons (Fsp3) is 0.444. The van der Waals surface area contributed by atoms with Gasteiger partial charge in [-0.05, 0) is 92.8 Å². The van der Waals surface area contributed by atoms with Gasteiger partial charge < -0.3 is 58.7 Å². The average Bonchev–Trinajstić information content (AvgIpc) is 4.26. The van der Waals surface area contributed by atoms with Gasteiger partial charge in [-0.3, -0.25) is 9.59 Å². The Balaban J connectivity index is 1.04. The highest BCUT2D eigenvalue weighted by Gasteiger charge is 2.40. The first-order chi connectivity index (χ1) is 35.3. The second-order valence-corrected chi connectivity index (χ2v) is 19.6. The van der Waals surface area contributed by atoms with Crippen LogP contribution in [0.15, 0.2) is 73.1 Å². The van der Waals surface area contributed by atoms with E-state index in [1.54, 1.807) is 29.3 Å². The number of carbonyl (C=O) groups is 4. The number of nitrogens with one attached hydrogen (secondary N) is 4. The molecular formula is C54H64FN9O9. The molecule has 0 radical (unpaired) electrons. The lowest BCUT2D eigenvalue weighted by Crippen LogP contribution is -2.51. The zero-order valence-corrected chi connectivity index (χ0v) is 42.3. The second kappa shape index (κ2) is 21.7. The Morgan fingerprint density at radius 1 is 0.753 bits per heavy atom. The van der Waals surface area contributed by atoms with E-state index in [4.69, 9.17) is 33.7 Å². The first-order valence-corrected chi connectivity index (χ1v) is 25.1. The Labute approximate surface area is 423 Å². The summed E-state index contributed by atoms with van der Waals surface area (Å²) in [5.74, 6) is 0.931. The summed E-state index contributed by atoms with van der Waals surface area (Å²) in [6, 6.07) is 16.8. The van der Waals surface area contributed by atoms with E-state index in [0.717, 1.165) is 53.4 Å². The summed E-state index contributed by atoms with van der Waals surface area (Å²) in [6.07, 6.45) is 5.92. The standard InChI is InChI=1S/C54H64FN9O9/c1-30(2)46(60-53(67)70-6)50(65)62-19-11-15-41(62)48-56-28-38(58-48)32-17-18-40-35(23-32)26-43-45-37(55)25-34(27-44(45)73-52(64(40)43)33-13-10-14-36(24-33)72-22-9-8-21-69-5)39-29-57-49(59-39)42-16-12-20-63(42)51(66)47(31(3)4)61-54(68)71-7/h10,13-14,17-18,23-31,41-42,46-47,52H,8-9,11-12,15-16,19-22H2,1-7H3,(H,56,58)(H,57,59)(H,60,67)(H,61,68)/t41-,42-,46+,47+,52?/m0/s1. The van der Waals surface area contributed by atoms with Crippen molar-refractivity contribution in [3.8, 4) is 45.3 Å². The van der Waals surface area contributed by atoms with Crippen LogP contribution in [0.3, 0.4) is 0 Å². The second-order valence-electron chi connectivity index (χ2n) is 19.6. The molecule has 0 aliphatic carbocycles. The number of methoxy groups -OCH3 is 3. The zero-order chi connectivity index (χ0) is 51.5. The number of fused-ring (bicyclic) bond motifs is 5. The van der Waals surface area contributed by atoms with Crippen LogP contribution in [0.25, 0.3) is 44.7 Å². The van der Waals surface area contributed by atoms with Crippen molar-refractivity contribution in [2.75, 3.05) is 47.6 Å². The minimum absolute atomic E-state index is 0.165. The Hall–Kier alpha value is -7.41. The summed E-state index contributed by atoms with van der Waals surface area (Å²) < 4.78 is 47.0. The molecule has 6 heterocycles. The molecule has 73 heavy (non-hydrogen) atoms. The van der Waals surface area contributed by atoms with Crippen molar-refractivity contribution in [3.63, 3.8) is 0 Å². The van der Waals surface area contributed by atoms with Crippen LogP contribution in [0.2, 0.25) is 0 Å². The number of hydrogen-bond donors (Lipinski definition) is 4. The van der Waals surface area contributed by atoms with Crippen molar-refractivity contribution in [2.24, 2.45) is 11.8 Å². The summed E-state index contributed by atoms with van der Waals surface area (Å²) in [5, 5.41) is 6.23. The highest BCUT2D eigenvalue weighted by molar-refractivity contribution is 5.93. The molecule has 6 aromatic rings. The smallest absolute Gasteiger partial charge is 0.407 e. The van der Waals surface area contributed by atoms with Crippen LogP contribution in [0.4, 0.5) is 14.0 Å². The van der Waals surface area contributed by atoms with E-state index < -0.39 is 36.3 Å². The van der Waals surface area contributed by atoms with Crippen molar-refractivity contribution in [1.29, 1.82) is 0 Å². The Morgan fingerprint density at radius 2 is 1.36 bits per heavy atom. The molecule has 5 atom stereocenters. The third-order valence-corrected chi connectivity index (χ3v) is 14.1. The van der Waals surface area contributed by atoms with Gasteiger partial charge in [0.2, 0.25) is 18.0 Å². The number of likely N-dealkylation sites (tertiary alicyclic amines) is 2. The van der Waals surface area contributed by atoms with Gasteiger partial charge in [0.25, 0.3) is 0 Å². The number of halogens is 1. The predicted molar refractivity (Wildman–Crippen MR) is 270 cm³/mol. The molecule has 3 aromatic heterocycles. The molecule has 9 rings (SSSR count). The van der Waals surface area contributed by atoms with Crippen molar-refractivity contribution < 1.29 is 47.3 Å². The minimum Gasteiger partial charge on any atom is -0.494 e. The van der Waals surface area contributed by atoms with Crippen LogP contribution in [-0.2, 0) is 23.8 Å². The fourth-order valence-corrected chi connectivity index (χ4v) is 10.3. The number of H-pyrrole nitrogens is 2. The van der Waals surface area contributed by atoms with Crippen LogP contribution in [0, 0.1) is 17.7 Å². The lowest BCUT2D eigenvalue weighted by molar-refractivity contribution is -0.136. The number of hydrogen-bond acceptors (Lipinski definition) is 11. The molecule has 0 saturated carbocycles. The Bertz CT molecular complexity index is 2980. The van der Waals surface area contributed by atoms with Gasteiger partial charge in [-0.15, -0.1) is 0 Å². The number of nitrogens with zero attached hydrogens (tertiary/aromatic N) is 5. The highest BCUT2D eigenvalue weighted by atomic mass is 19.1. The molecule has 386 valence electrons. The molecule has 3 aliphatic rings. The number of rotatable bonds is 17. The van der Waals surface area contributed by atoms with Gasteiger partial charge in [0.15, 0.2) is 0 Å². The number of carbonyl (C=O) groups excluding carboxylic acids is 4. The molecule has 18 nitrogen and oxygen atoms in total. The van der Waals surface area contributed by atoms with E-state index >= 15 is 4.39 Å². The Kier molecular flexibility index (Phi) is 15.1. The number of alkyl carbamates (subject to hydrolysis) is 2. The third kappa shape index (κ3) is 10.3. The number of imidazole rings is 2. The van der Waals surface area contributed by atoms with Crippen LogP contribution in [-0.4, -0.2) is 118 Å². The molecule has 3 aromatic carbocycles. The molecule has 4 N–H and O–H groups in total. The average molecular weight is 1000 g/mol. The van der Waals surface area contributed by atoms with Gasteiger partial charge in [0.05, 0.1) is 73.5 Å². The molecular weight excluding hydrogens is 938 g/mol. The van der Waals surface area contributed by atoms with Gasteiger partial charge in [-0.25, -0.2) is 23.9 Å². The zero-order valence-electron chi connectivity index (χ0n) is 42.3. The SMILES string of the molecule is COCCCCOc1cccc(C2Oc3cc(-c4cnc([C@@H]5CCCN5C(=O)[C@H](NC(=O)OC)C(C)C)[nH]4)cc(F)c3-c3cc4cc(-c5cnc([C@@H]6CCCN6C(=O)[C@H](NC(=O)OC)C(C)C)[nH]5)ccc4n32)c1. The van der Waals surface area contributed by atoms with E-state index in [0.29, 0.717) is 84.8 Å². The topological polar surface area (TPSA) is 207 Å². The molecule has 4 amide bonds. The van der Waals surface area contributed by atoms with Crippen LogP contribution < -0.4 is 20.1 Å². The van der Waals surface area contributed by atoms with Crippen molar-refractivity contribution in [2.45, 2.75) is 96.6 Å². The maximum Gasteiger partial charge on any atom is 0.407 e. The van der Waals surface area contributed by atoms with Gasteiger partial charge in [-0.1, -0.05) is 45.9 Å². The van der Waals surface area contributed by atoms with E-state index in [9.17, 15) is 19.2 Å². The predicted octanol–water partition coefficient (Wildman–Crippen LogP) is 9.06. The van der Waals surface area contributed by atoms with Crippen molar-refractivity contribution >= 4 is 34.9 Å². The maximum absolute atomic E-state index is 17.1. The minimum atomic E-state index is -0.787. The first kappa shape index (κ1) is 50.5. The largest absolute Gasteiger partial charge is 0.494 e. The molecule has 19 heteroatoms. The maximum atomic E-state index is 17.1. The van der Waals surface area contributed by atoms with E-state index in [1.807, 2.05) is 86.9 Å². The molecule has 2 fully saturated rings. The number of ether oxygens (including phenoxy) is 5. The monoisotopic (exact) mass is 1000 g/mol. The normalized spacial score (nSPS) is 18.1. The van der Waals surface area contributed by atoms with Gasteiger partial charge >= 0.3 is 12.2 Å². The number of aromatic amines is 2. The number of benzene rings is 3. The first-order valence-electron chi connectivity index (χ1n) is 25.1. The number of aromatic nitrogens is 5. The molecule has 0 spiro atoms. The lowest BCUT2D eigenvalue weighted by Gasteiger charge is -2.31.